The van der Waals surface area contributed by atoms with Gasteiger partial charge in [-0.3, -0.25) is 0 Å². The molecular formula is C16H11N3O2. The highest BCUT2D eigenvalue weighted by molar-refractivity contribution is 6.05. The standard InChI is InChI=1S/C16H11N3O2/c20-16(21)9-3-4-14-11(6-9)13(7-18-14)12-8-19-15-10(12)2-1-5-17-15/h1-8,18H,(H,17,19)(H,20,21). The number of H-pyrrole nitrogens is 2. The van der Waals surface area contributed by atoms with Crippen molar-refractivity contribution in [2.24, 2.45) is 0 Å². The van der Waals surface area contributed by atoms with Crippen LogP contribution in [0.25, 0.3) is 33.1 Å². The minimum Gasteiger partial charge on any atom is -0.478 e. The Morgan fingerprint density at radius 2 is 1.86 bits per heavy atom. The third kappa shape index (κ3) is 1.71. The quantitative estimate of drug-likeness (QED) is 0.525. The maximum atomic E-state index is 11.2. The van der Waals surface area contributed by atoms with Crippen LogP contribution < -0.4 is 0 Å². The molecule has 0 spiro atoms. The molecule has 0 amide bonds. The molecule has 0 saturated heterocycles. The smallest absolute Gasteiger partial charge is 0.335 e. The third-order valence-corrected chi connectivity index (χ3v) is 3.67. The van der Waals surface area contributed by atoms with Crippen molar-refractivity contribution in [1.29, 1.82) is 0 Å². The number of aromatic nitrogens is 3. The Balaban J connectivity index is 2.02. The number of aromatic amines is 2. The first kappa shape index (κ1) is 11.7. The van der Waals surface area contributed by atoms with Gasteiger partial charge in [0, 0.05) is 46.0 Å². The molecule has 0 aliphatic carbocycles. The number of pyridine rings is 1. The highest BCUT2D eigenvalue weighted by Gasteiger charge is 2.13. The number of benzene rings is 1. The summed E-state index contributed by atoms with van der Waals surface area (Å²) in [5.74, 6) is -0.926. The molecule has 3 N–H and O–H groups in total. The molecule has 3 heterocycles. The summed E-state index contributed by atoms with van der Waals surface area (Å²) >= 11 is 0. The van der Waals surface area contributed by atoms with Crippen LogP contribution in [-0.2, 0) is 0 Å². The molecule has 5 nitrogen and oxygen atoms in total. The topological polar surface area (TPSA) is 81.8 Å². The van der Waals surface area contributed by atoms with Crippen LogP contribution in [0.3, 0.4) is 0 Å². The first-order chi connectivity index (χ1) is 10.2. The molecule has 0 fully saturated rings. The second-order valence-electron chi connectivity index (χ2n) is 4.87. The van der Waals surface area contributed by atoms with Gasteiger partial charge in [0.1, 0.15) is 5.65 Å². The zero-order valence-corrected chi connectivity index (χ0v) is 10.9. The lowest BCUT2D eigenvalue weighted by molar-refractivity contribution is 0.0697. The molecule has 0 bridgehead atoms. The number of aromatic carboxylic acids is 1. The van der Waals surface area contributed by atoms with Crippen LogP contribution in [0.1, 0.15) is 10.4 Å². The van der Waals surface area contributed by atoms with Gasteiger partial charge in [-0.2, -0.15) is 0 Å². The highest BCUT2D eigenvalue weighted by Crippen LogP contribution is 2.33. The van der Waals surface area contributed by atoms with Gasteiger partial charge < -0.3 is 15.1 Å². The summed E-state index contributed by atoms with van der Waals surface area (Å²) in [6, 6.07) is 8.96. The average Bonchev–Trinajstić information content (AvgIpc) is 3.09. The van der Waals surface area contributed by atoms with Gasteiger partial charge in [-0.15, -0.1) is 0 Å². The first-order valence-electron chi connectivity index (χ1n) is 6.51. The van der Waals surface area contributed by atoms with Crippen molar-refractivity contribution in [1.82, 2.24) is 15.0 Å². The molecule has 1 aromatic carbocycles. The Hall–Kier alpha value is -3.08. The van der Waals surface area contributed by atoms with Gasteiger partial charge >= 0.3 is 5.97 Å². The lowest BCUT2D eigenvalue weighted by Gasteiger charge is -1.99. The van der Waals surface area contributed by atoms with E-state index in [9.17, 15) is 4.79 Å². The fourth-order valence-corrected chi connectivity index (χ4v) is 2.66. The number of carbonyl (C=O) groups is 1. The van der Waals surface area contributed by atoms with E-state index in [2.05, 4.69) is 15.0 Å². The second kappa shape index (κ2) is 4.21. The summed E-state index contributed by atoms with van der Waals surface area (Å²) in [7, 11) is 0. The Kier molecular flexibility index (Phi) is 2.35. The molecular weight excluding hydrogens is 266 g/mol. The summed E-state index contributed by atoms with van der Waals surface area (Å²) in [5, 5.41) is 11.1. The molecule has 5 heteroatoms. The van der Waals surface area contributed by atoms with E-state index in [1.165, 1.54) is 0 Å². The summed E-state index contributed by atoms with van der Waals surface area (Å²) in [6.07, 6.45) is 5.53. The molecule has 21 heavy (non-hydrogen) atoms. The van der Waals surface area contributed by atoms with Gasteiger partial charge in [-0.25, -0.2) is 9.78 Å². The SMILES string of the molecule is O=C(O)c1ccc2[nH]cc(-c3c[nH]c4ncccc34)c2c1. The Morgan fingerprint density at radius 1 is 1.05 bits per heavy atom. The fraction of sp³-hybridized carbons (Fsp3) is 0. The van der Waals surface area contributed by atoms with Crippen molar-refractivity contribution in [3.05, 3.63) is 54.5 Å². The molecule has 0 atom stereocenters. The molecule has 0 radical (unpaired) electrons. The summed E-state index contributed by atoms with van der Waals surface area (Å²) in [6.45, 7) is 0. The molecule has 3 aromatic heterocycles. The van der Waals surface area contributed by atoms with Crippen molar-refractivity contribution >= 4 is 27.9 Å². The molecule has 0 saturated carbocycles. The number of fused-ring (bicyclic) bond motifs is 2. The zero-order chi connectivity index (χ0) is 14.4. The first-order valence-corrected chi connectivity index (χ1v) is 6.51. The van der Waals surface area contributed by atoms with Crippen molar-refractivity contribution in [3.63, 3.8) is 0 Å². The van der Waals surface area contributed by atoms with E-state index in [-0.39, 0.29) is 5.56 Å². The van der Waals surface area contributed by atoms with Crippen molar-refractivity contribution in [3.8, 4) is 11.1 Å². The van der Waals surface area contributed by atoms with Gasteiger partial charge in [0.25, 0.3) is 0 Å². The summed E-state index contributed by atoms with van der Waals surface area (Å²) < 4.78 is 0. The fourth-order valence-electron chi connectivity index (χ4n) is 2.66. The van der Waals surface area contributed by atoms with Crippen LogP contribution in [0, 0.1) is 0 Å². The lowest BCUT2D eigenvalue weighted by atomic mass is 10.0. The van der Waals surface area contributed by atoms with Crippen LogP contribution in [0.5, 0.6) is 0 Å². The Bertz CT molecular complexity index is 981. The van der Waals surface area contributed by atoms with E-state index < -0.39 is 5.97 Å². The minimum absolute atomic E-state index is 0.279. The van der Waals surface area contributed by atoms with Crippen LogP contribution in [0.2, 0.25) is 0 Å². The van der Waals surface area contributed by atoms with E-state index in [0.29, 0.717) is 0 Å². The largest absolute Gasteiger partial charge is 0.478 e. The lowest BCUT2D eigenvalue weighted by Crippen LogP contribution is -1.94. The van der Waals surface area contributed by atoms with Crippen molar-refractivity contribution in [2.45, 2.75) is 0 Å². The van der Waals surface area contributed by atoms with E-state index in [4.69, 9.17) is 5.11 Å². The molecule has 102 valence electrons. The molecule has 4 aromatic rings. The molecule has 0 aliphatic rings. The van der Waals surface area contributed by atoms with E-state index in [1.54, 1.807) is 24.4 Å². The summed E-state index contributed by atoms with van der Waals surface area (Å²) in [4.78, 5) is 21.7. The van der Waals surface area contributed by atoms with Gasteiger partial charge in [0.2, 0.25) is 0 Å². The van der Waals surface area contributed by atoms with Crippen LogP contribution in [0.15, 0.2) is 48.9 Å². The number of hydrogen-bond donors (Lipinski definition) is 3. The number of nitrogens with zero attached hydrogens (tertiary/aromatic N) is 1. The number of hydrogen-bond acceptors (Lipinski definition) is 2. The maximum absolute atomic E-state index is 11.2. The Labute approximate surface area is 119 Å². The third-order valence-electron chi connectivity index (χ3n) is 3.67. The molecule has 0 aliphatic heterocycles. The maximum Gasteiger partial charge on any atom is 0.335 e. The van der Waals surface area contributed by atoms with Gasteiger partial charge in [0.15, 0.2) is 0 Å². The van der Waals surface area contributed by atoms with E-state index in [0.717, 1.165) is 33.1 Å². The molecule has 0 unspecified atom stereocenters. The van der Waals surface area contributed by atoms with Crippen molar-refractivity contribution < 1.29 is 9.90 Å². The number of rotatable bonds is 2. The normalized spacial score (nSPS) is 11.2. The minimum atomic E-state index is -0.926. The zero-order valence-electron chi connectivity index (χ0n) is 10.9. The number of carboxylic acid groups (broad SMARTS) is 1. The highest BCUT2D eigenvalue weighted by atomic mass is 16.4. The number of nitrogens with one attached hydrogen (secondary N) is 2. The molecule has 4 rings (SSSR count). The van der Waals surface area contributed by atoms with Gasteiger partial charge in [0.05, 0.1) is 5.56 Å². The Morgan fingerprint density at radius 3 is 2.71 bits per heavy atom. The second-order valence-corrected chi connectivity index (χ2v) is 4.87. The average molecular weight is 277 g/mol. The van der Waals surface area contributed by atoms with Crippen LogP contribution in [-0.4, -0.2) is 26.0 Å². The number of carboxylic acids is 1. The van der Waals surface area contributed by atoms with E-state index >= 15 is 0 Å². The van der Waals surface area contributed by atoms with Gasteiger partial charge in [-0.1, -0.05) is 0 Å². The monoisotopic (exact) mass is 277 g/mol. The van der Waals surface area contributed by atoms with Gasteiger partial charge in [-0.05, 0) is 30.3 Å². The summed E-state index contributed by atoms with van der Waals surface area (Å²) in [5.41, 5.74) is 3.98. The van der Waals surface area contributed by atoms with Crippen LogP contribution >= 0.6 is 0 Å². The van der Waals surface area contributed by atoms with Crippen LogP contribution in [0.4, 0.5) is 0 Å². The van der Waals surface area contributed by atoms with Crippen molar-refractivity contribution in [2.75, 3.05) is 0 Å². The van der Waals surface area contributed by atoms with E-state index in [1.807, 2.05) is 24.5 Å². The predicted octanol–water partition coefficient (Wildman–Crippen LogP) is 3.41. The predicted molar refractivity (Wildman–Crippen MR) is 80.3 cm³/mol.